The van der Waals surface area contributed by atoms with Crippen LogP contribution in [0.25, 0.3) is 0 Å². The minimum atomic E-state index is -1.02. The van der Waals surface area contributed by atoms with Crippen molar-refractivity contribution in [3.8, 4) is 5.75 Å². The van der Waals surface area contributed by atoms with Crippen LogP contribution in [0.5, 0.6) is 5.75 Å². The number of amides is 2. The van der Waals surface area contributed by atoms with E-state index in [1.807, 2.05) is 32.6 Å². The molecule has 3 aliphatic heterocycles. The van der Waals surface area contributed by atoms with E-state index in [0.717, 1.165) is 0 Å². The minimum absolute atomic E-state index is 0.0938. The largest absolute Gasteiger partial charge is 0.508 e. The van der Waals surface area contributed by atoms with Gasteiger partial charge in [-0.25, -0.2) is 4.79 Å². The molecule has 0 spiro atoms. The molecule has 2 amide bonds. The van der Waals surface area contributed by atoms with E-state index in [2.05, 4.69) is 5.32 Å². The second-order valence-corrected chi connectivity index (χ2v) is 10.3. The Kier molecular flexibility index (Phi) is 4.00. The summed E-state index contributed by atoms with van der Waals surface area (Å²) in [6, 6.07) is 4.15. The fraction of sp³-hybridized carbons (Fsp3) is 0.526. The molecular formula is C19H23N3O5S. The fourth-order valence-corrected chi connectivity index (χ4v) is 6.29. The van der Waals surface area contributed by atoms with Crippen molar-refractivity contribution in [2.75, 3.05) is 0 Å². The molecule has 3 aliphatic rings. The van der Waals surface area contributed by atoms with Gasteiger partial charge in [0.2, 0.25) is 11.8 Å². The zero-order valence-corrected chi connectivity index (χ0v) is 16.9. The first-order chi connectivity index (χ1) is 13.0. The maximum absolute atomic E-state index is 13.1. The summed E-state index contributed by atoms with van der Waals surface area (Å²) in [5.41, 5.74) is -0.109. The molecule has 1 aromatic rings. The lowest BCUT2D eigenvalue weighted by Crippen LogP contribution is -2.73. The molecule has 0 bridgehead atoms. The number of carbonyl (C=O) groups is 3. The Morgan fingerprint density at radius 2 is 1.75 bits per heavy atom. The molecule has 3 fully saturated rings. The van der Waals surface area contributed by atoms with Crippen LogP contribution in [0.4, 0.5) is 0 Å². The van der Waals surface area contributed by atoms with Crippen LogP contribution in [-0.2, 0) is 14.4 Å². The third kappa shape index (κ3) is 2.52. The number of hydrogen-bond donors (Lipinski definition) is 3. The number of aromatic hydroxyl groups is 1. The Labute approximate surface area is 166 Å². The lowest BCUT2D eigenvalue weighted by Gasteiger charge is -2.51. The molecule has 0 saturated carbocycles. The molecule has 0 aromatic heterocycles. The van der Waals surface area contributed by atoms with Crippen molar-refractivity contribution < 1.29 is 24.6 Å². The van der Waals surface area contributed by atoms with Gasteiger partial charge in [0.25, 0.3) is 0 Å². The molecule has 4 atom stereocenters. The van der Waals surface area contributed by atoms with Gasteiger partial charge in [0.1, 0.15) is 29.2 Å². The minimum Gasteiger partial charge on any atom is -0.508 e. The molecule has 3 N–H and O–H groups in total. The van der Waals surface area contributed by atoms with Crippen LogP contribution in [0.1, 0.15) is 39.3 Å². The second-order valence-electron chi connectivity index (χ2n) is 8.49. The van der Waals surface area contributed by atoms with E-state index in [-0.39, 0.29) is 22.9 Å². The zero-order chi connectivity index (χ0) is 20.6. The van der Waals surface area contributed by atoms with Crippen molar-refractivity contribution in [1.82, 2.24) is 15.1 Å². The van der Waals surface area contributed by atoms with E-state index < -0.39 is 34.5 Å². The van der Waals surface area contributed by atoms with Gasteiger partial charge >= 0.3 is 5.97 Å². The Morgan fingerprint density at radius 1 is 1.14 bits per heavy atom. The van der Waals surface area contributed by atoms with Crippen LogP contribution in [0.3, 0.4) is 0 Å². The first-order valence-corrected chi connectivity index (χ1v) is 9.96. The standard InChI is InChI=1S/C19H23N3O5S/c1-18(2)13(17(26)27)21-15(25)12(16(21)28-18)22-11(14(24)20-19(22,3)4)9-5-7-10(23)8-6-9/h5-8,11-13,16,23H,1-4H3,(H,20,24)(H,26,27)/t11?,12-,13+,16-/m1/s1. The number of aliphatic carboxylic acids is 1. The molecule has 3 saturated heterocycles. The SMILES string of the molecule is CC1(C)S[C@@H]2[C@H](N3C(c4ccc(O)cc4)C(=O)NC3(C)C)C(=O)N2[C@H]1C(=O)O. The van der Waals surface area contributed by atoms with E-state index in [1.54, 1.807) is 12.1 Å². The van der Waals surface area contributed by atoms with Gasteiger partial charge in [0.05, 0.1) is 5.66 Å². The highest BCUT2D eigenvalue weighted by Crippen LogP contribution is 2.54. The Bertz CT molecular complexity index is 869. The van der Waals surface area contributed by atoms with E-state index in [9.17, 15) is 24.6 Å². The van der Waals surface area contributed by atoms with Gasteiger partial charge in [0, 0.05) is 4.75 Å². The lowest BCUT2D eigenvalue weighted by atomic mass is 9.92. The average Bonchev–Trinajstić information content (AvgIpc) is 2.96. The normalized spacial score (nSPS) is 33.4. The number of nitrogens with zero attached hydrogens (tertiary/aromatic N) is 2. The van der Waals surface area contributed by atoms with Crippen molar-refractivity contribution in [2.45, 2.75) is 61.6 Å². The summed E-state index contributed by atoms with van der Waals surface area (Å²) in [7, 11) is 0. The summed E-state index contributed by atoms with van der Waals surface area (Å²) in [6.45, 7) is 7.32. The van der Waals surface area contributed by atoms with Gasteiger partial charge in [-0.15, -0.1) is 11.8 Å². The number of fused-ring (bicyclic) bond motifs is 1. The summed E-state index contributed by atoms with van der Waals surface area (Å²) >= 11 is 1.46. The van der Waals surface area contributed by atoms with Crippen molar-refractivity contribution in [2.24, 2.45) is 0 Å². The van der Waals surface area contributed by atoms with Crippen LogP contribution in [0.2, 0.25) is 0 Å². The van der Waals surface area contributed by atoms with E-state index in [0.29, 0.717) is 5.56 Å². The van der Waals surface area contributed by atoms with Crippen LogP contribution in [0, 0.1) is 0 Å². The maximum Gasteiger partial charge on any atom is 0.327 e. The quantitative estimate of drug-likeness (QED) is 0.646. The Morgan fingerprint density at radius 3 is 2.32 bits per heavy atom. The highest BCUT2D eigenvalue weighted by Gasteiger charge is 2.68. The number of thioether (sulfide) groups is 1. The van der Waals surface area contributed by atoms with Gasteiger partial charge in [-0.2, -0.15) is 0 Å². The van der Waals surface area contributed by atoms with Gasteiger partial charge in [-0.05, 0) is 45.4 Å². The monoisotopic (exact) mass is 405 g/mol. The average molecular weight is 405 g/mol. The number of carboxylic acid groups (broad SMARTS) is 1. The highest BCUT2D eigenvalue weighted by molar-refractivity contribution is 8.01. The second kappa shape index (κ2) is 5.87. The molecule has 150 valence electrons. The fourth-order valence-electron chi connectivity index (χ4n) is 4.61. The van der Waals surface area contributed by atoms with Crippen molar-refractivity contribution in [1.29, 1.82) is 0 Å². The van der Waals surface area contributed by atoms with Crippen molar-refractivity contribution >= 4 is 29.5 Å². The number of carboxylic acids is 1. The van der Waals surface area contributed by atoms with Crippen LogP contribution in [-0.4, -0.2) is 65.7 Å². The molecule has 9 heteroatoms. The molecule has 8 nitrogen and oxygen atoms in total. The molecule has 0 radical (unpaired) electrons. The number of phenols is 1. The molecular weight excluding hydrogens is 382 g/mol. The molecule has 28 heavy (non-hydrogen) atoms. The number of benzene rings is 1. The van der Waals surface area contributed by atoms with Gasteiger partial charge < -0.3 is 20.4 Å². The lowest BCUT2D eigenvalue weighted by molar-refractivity contribution is -0.169. The van der Waals surface area contributed by atoms with Crippen LogP contribution in [0.15, 0.2) is 24.3 Å². The first kappa shape index (κ1) is 19.1. The molecule has 4 rings (SSSR count). The molecule has 3 heterocycles. The Balaban J connectivity index is 1.72. The summed E-state index contributed by atoms with van der Waals surface area (Å²) in [5.74, 6) is -1.42. The summed E-state index contributed by atoms with van der Waals surface area (Å²) < 4.78 is -0.629. The van der Waals surface area contributed by atoms with E-state index in [1.165, 1.54) is 28.8 Å². The van der Waals surface area contributed by atoms with Gasteiger partial charge in [-0.1, -0.05) is 12.1 Å². The van der Waals surface area contributed by atoms with Crippen LogP contribution < -0.4 is 5.32 Å². The molecule has 0 aliphatic carbocycles. The van der Waals surface area contributed by atoms with Crippen molar-refractivity contribution in [3.05, 3.63) is 29.8 Å². The zero-order valence-electron chi connectivity index (χ0n) is 16.0. The van der Waals surface area contributed by atoms with Crippen molar-refractivity contribution in [3.63, 3.8) is 0 Å². The smallest absolute Gasteiger partial charge is 0.327 e. The number of β-lactam (4-membered cyclic amide) rings is 1. The molecule has 1 aromatic carbocycles. The van der Waals surface area contributed by atoms with E-state index in [4.69, 9.17) is 0 Å². The number of carbonyl (C=O) groups excluding carboxylic acids is 2. The highest BCUT2D eigenvalue weighted by atomic mass is 32.2. The maximum atomic E-state index is 13.1. The number of rotatable bonds is 3. The summed E-state index contributed by atoms with van der Waals surface area (Å²) in [4.78, 5) is 40.9. The Hall–Kier alpha value is -2.26. The summed E-state index contributed by atoms with van der Waals surface area (Å²) in [5, 5.41) is 21.8. The van der Waals surface area contributed by atoms with E-state index >= 15 is 0 Å². The first-order valence-electron chi connectivity index (χ1n) is 9.08. The number of hydrogen-bond acceptors (Lipinski definition) is 6. The molecule has 1 unspecified atom stereocenters. The van der Waals surface area contributed by atoms with Crippen LogP contribution >= 0.6 is 11.8 Å². The third-order valence-corrected chi connectivity index (χ3v) is 7.31. The number of phenolic OH excluding ortho intramolecular Hbond substituents is 1. The number of nitrogens with one attached hydrogen (secondary N) is 1. The van der Waals surface area contributed by atoms with Gasteiger partial charge in [-0.3, -0.25) is 14.5 Å². The predicted molar refractivity (Wildman–Crippen MR) is 102 cm³/mol. The summed E-state index contributed by atoms with van der Waals surface area (Å²) in [6.07, 6.45) is 0. The third-order valence-electron chi connectivity index (χ3n) is 5.76. The predicted octanol–water partition coefficient (Wildman–Crippen LogP) is 1.12. The topological polar surface area (TPSA) is 110 Å². The van der Waals surface area contributed by atoms with Gasteiger partial charge in [0.15, 0.2) is 0 Å².